The number of carbonyl (C=O) groups excluding carboxylic acids is 1. The Balaban J connectivity index is 1.70. The van der Waals surface area contributed by atoms with Gasteiger partial charge in [-0.2, -0.15) is 0 Å². The SMILES string of the molecule is CCCc1nnc(NC(=O)c2csc(-c3cccs3)n2)s1. The number of aryl methyl sites for hydroxylation is 1. The van der Waals surface area contributed by atoms with Crippen LogP contribution in [0.2, 0.25) is 0 Å². The molecule has 0 spiro atoms. The minimum absolute atomic E-state index is 0.242. The van der Waals surface area contributed by atoms with Crippen molar-refractivity contribution in [1.82, 2.24) is 15.2 Å². The Bertz CT molecular complexity index is 732. The first-order valence-corrected chi connectivity index (χ1v) is 8.97. The number of anilines is 1. The second kappa shape index (κ2) is 6.42. The number of hydrogen-bond donors (Lipinski definition) is 1. The highest BCUT2D eigenvalue weighted by molar-refractivity contribution is 7.20. The highest BCUT2D eigenvalue weighted by Crippen LogP contribution is 2.28. The Hall–Kier alpha value is -1.64. The fraction of sp³-hybridized carbons (Fsp3) is 0.231. The van der Waals surface area contributed by atoms with Crippen LogP contribution < -0.4 is 5.32 Å². The molecule has 0 aliphatic rings. The molecule has 1 amide bonds. The first-order valence-electron chi connectivity index (χ1n) is 6.39. The molecule has 3 aromatic heterocycles. The third kappa shape index (κ3) is 3.34. The van der Waals surface area contributed by atoms with Gasteiger partial charge in [0.1, 0.15) is 15.7 Å². The maximum atomic E-state index is 12.1. The minimum atomic E-state index is -0.242. The highest BCUT2D eigenvalue weighted by Gasteiger charge is 2.14. The molecular formula is C13H12N4OS3. The van der Waals surface area contributed by atoms with Crippen LogP contribution in [-0.4, -0.2) is 21.1 Å². The van der Waals surface area contributed by atoms with Crippen molar-refractivity contribution in [2.75, 3.05) is 5.32 Å². The minimum Gasteiger partial charge on any atom is -0.295 e. The summed E-state index contributed by atoms with van der Waals surface area (Å²) in [6, 6.07) is 3.96. The molecule has 0 atom stereocenters. The Labute approximate surface area is 133 Å². The van der Waals surface area contributed by atoms with Crippen LogP contribution in [0.5, 0.6) is 0 Å². The van der Waals surface area contributed by atoms with Crippen LogP contribution in [0.15, 0.2) is 22.9 Å². The lowest BCUT2D eigenvalue weighted by atomic mass is 10.4. The van der Waals surface area contributed by atoms with E-state index in [0.717, 1.165) is 27.7 Å². The fourth-order valence-corrected chi connectivity index (χ4v) is 4.12. The summed E-state index contributed by atoms with van der Waals surface area (Å²) in [6.45, 7) is 2.08. The maximum Gasteiger partial charge on any atom is 0.276 e. The van der Waals surface area contributed by atoms with E-state index in [4.69, 9.17) is 0 Å². The Morgan fingerprint density at radius 1 is 1.33 bits per heavy atom. The molecule has 0 bridgehead atoms. The summed E-state index contributed by atoms with van der Waals surface area (Å²) in [5.74, 6) is -0.242. The normalized spacial score (nSPS) is 10.7. The number of thiophene rings is 1. The zero-order chi connectivity index (χ0) is 14.7. The summed E-state index contributed by atoms with van der Waals surface area (Å²) in [7, 11) is 0. The lowest BCUT2D eigenvalue weighted by Gasteiger charge is -1.96. The van der Waals surface area contributed by atoms with Crippen LogP contribution in [-0.2, 0) is 6.42 Å². The zero-order valence-corrected chi connectivity index (χ0v) is 13.6. The predicted molar refractivity (Wildman–Crippen MR) is 87.3 cm³/mol. The van der Waals surface area contributed by atoms with Crippen LogP contribution >= 0.6 is 34.0 Å². The van der Waals surface area contributed by atoms with E-state index in [1.54, 1.807) is 16.7 Å². The molecule has 0 saturated heterocycles. The van der Waals surface area contributed by atoms with E-state index in [0.29, 0.717) is 10.8 Å². The molecule has 0 saturated carbocycles. The number of nitrogens with one attached hydrogen (secondary N) is 1. The zero-order valence-electron chi connectivity index (χ0n) is 11.2. The molecule has 5 nitrogen and oxygen atoms in total. The lowest BCUT2D eigenvalue weighted by molar-refractivity contribution is 0.102. The standard InChI is InChI=1S/C13H12N4OS3/c1-2-4-10-16-17-13(21-10)15-11(18)8-7-20-12(14-8)9-5-3-6-19-9/h3,5-7H,2,4H2,1H3,(H,15,17,18). The average Bonchev–Trinajstić information content (AvgIpc) is 3.20. The number of carbonyl (C=O) groups is 1. The first kappa shape index (κ1) is 14.3. The van der Waals surface area contributed by atoms with Crippen LogP contribution in [0.1, 0.15) is 28.8 Å². The van der Waals surface area contributed by atoms with Crippen molar-refractivity contribution < 1.29 is 4.79 Å². The molecule has 0 aliphatic carbocycles. The van der Waals surface area contributed by atoms with Crippen molar-refractivity contribution in [1.29, 1.82) is 0 Å². The van der Waals surface area contributed by atoms with Gasteiger partial charge in [-0.1, -0.05) is 24.3 Å². The highest BCUT2D eigenvalue weighted by atomic mass is 32.1. The Kier molecular flexibility index (Phi) is 4.37. The van der Waals surface area contributed by atoms with E-state index in [1.807, 2.05) is 17.5 Å². The molecule has 0 fully saturated rings. The van der Waals surface area contributed by atoms with E-state index in [2.05, 4.69) is 27.4 Å². The number of nitrogens with zero attached hydrogens (tertiary/aromatic N) is 3. The van der Waals surface area contributed by atoms with Crippen molar-refractivity contribution >= 4 is 45.0 Å². The molecule has 0 unspecified atom stereocenters. The largest absolute Gasteiger partial charge is 0.295 e. The molecule has 0 aromatic carbocycles. The van der Waals surface area contributed by atoms with Crippen LogP contribution in [0.3, 0.4) is 0 Å². The van der Waals surface area contributed by atoms with Gasteiger partial charge in [-0.25, -0.2) is 4.98 Å². The van der Waals surface area contributed by atoms with Gasteiger partial charge in [0.15, 0.2) is 0 Å². The van der Waals surface area contributed by atoms with Gasteiger partial charge >= 0.3 is 0 Å². The summed E-state index contributed by atoms with van der Waals surface area (Å²) in [5, 5.41) is 16.8. The maximum absolute atomic E-state index is 12.1. The van der Waals surface area contributed by atoms with E-state index in [9.17, 15) is 4.79 Å². The van der Waals surface area contributed by atoms with Crippen LogP contribution in [0.25, 0.3) is 9.88 Å². The summed E-state index contributed by atoms with van der Waals surface area (Å²) in [5.41, 5.74) is 0.413. The predicted octanol–water partition coefficient (Wildman–Crippen LogP) is 3.93. The summed E-state index contributed by atoms with van der Waals surface area (Å²) >= 11 is 4.48. The number of hydrogen-bond acceptors (Lipinski definition) is 7. The molecule has 1 N–H and O–H groups in total. The third-order valence-corrected chi connectivity index (χ3v) is 5.40. The van der Waals surface area contributed by atoms with E-state index < -0.39 is 0 Å². The smallest absolute Gasteiger partial charge is 0.276 e. The van der Waals surface area contributed by atoms with Crippen LogP contribution in [0.4, 0.5) is 5.13 Å². The van der Waals surface area contributed by atoms with Gasteiger partial charge in [0.05, 0.1) is 4.88 Å². The van der Waals surface area contributed by atoms with Crippen LogP contribution in [0, 0.1) is 0 Å². The average molecular weight is 336 g/mol. The molecule has 8 heteroatoms. The monoisotopic (exact) mass is 336 g/mol. The molecule has 0 radical (unpaired) electrons. The van der Waals surface area contributed by atoms with Gasteiger partial charge in [0.2, 0.25) is 5.13 Å². The van der Waals surface area contributed by atoms with Gasteiger partial charge in [-0.15, -0.1) is 32.9 Å². The molecule has 108 valence electrons. The first-order chi connectivity index (χ1) is 10.3. The Morgan fingerprint density at radius 2 is 2.24 bits per heavy atom. The van der Waals surface area contributed by atoms with E-state index >= 15 is 0 Å². The fourth-order valence-electron chi connectivity index (χ4n) is 1.67. The van der Waals surface area contributed by atoms with Gasteiger partial charge in [-0.05, 0) is 17.9 Å². The van der Waals surface area contributed by atoms with Crippen molar-refractivity contribution in [3.8, 4) is 9.88 Å². The van der Waals surface area contributed by atoms with Gasteiger partial charge in [0, 0.05) is 11.8 Å². The number of thiazole rings is 1. The van der Waals surface area contributed by atoms with Crippen molar-refractivity contribution in [2.24, 2.45) is 0 Å². The number of rotatable bonds is 5. The molecule has 3 rings (SSSR count). The van der Waals surface area contributed by atoms with Gasteiger partial charge in [-0.3, -0.25) is 10.1 Å². The summed E-state index contributed by atoms with van der Waals surface area (Å²) < 4.78 is 0. The molecular weight excluding hydrogens is 324 g/mol. The third-order valence-electron chi connectivity index (χ3n) is 2.62. The Morgan fingerprint density at radius 3 is 3.00 bits per heavy atom. The molecule has 21 heavy (non-hydrogen) atoms. The number of aromatic nitrogens is 3. The lowest BCUT2D eigenvalue weighted by Crippen LogP contribution is -2.12. The quantitative estimate of drug-likeness (QED) is 0.766. The van der Waals surface area contributed by atoms with E-state index in [-0.39, 0.29) is 5.91 Å². The topological polar surface area (TPSA) is 67.8 Å². The van der Waals surface area contributed by atoms with Crippen molar-refractivity contribution in [2.45, 2.75) is 19.8 Å². The van der Waals surface area contributed by atoms with Gasteiger partial charge < -0.3 is 0 Å². The van der Waals surface area contributed by atoms with Gasteiger partial charge in [0.25, 0.3) is 5.91 Å². The molecule has 0 aliphatic heterocycles. The molecule has 3 aromatic rings. The molecule has 3 heterocycles. The van der Waals surface area contributed by atoms with Crippen molar-refractivity contribution in [3.63, 3.8) is 0 Å². The second-order valence-electron chi connectivity index (χ2n) is 4.22. The summed E-state index contributed by atoms with van der Waals surface area (Å²) in [6.07, 6.45) is 1.89. The number of amides is 1. The van der Waals surface area contributed by atoms with Crippen molar-refractivity contribution in [3.05, 3.63) is 33.6 Å². The summed E-state index contributed by atoms with van der Waals surface area (Å²) in [4.78, 5) is 17.6. The second-order valence-corrected chi connectivity index (χ2v) is 7.09. The van der Waals surface area contributed by atoms with E-state index in [1.165, 1.54) is 22.7 Å².